The minimum atomic E-state index is -1.16. The Labute approximate surface area is 249 Å². The quantitative estimate of drug-likeness (QED) is 0.0450. The molecule has 0 atom stereocenters. The summed E-state index contributed by atoms with van der Waals surface area (Å²) in [5, 5.41) is 9.08. The van der Waals surface area contributed by atoms with Crippen molar-refractivity contribution in [3.63, 3.8) is 0 Å². The van der Waals surface area contributed by atoms with Crippen LogP contribution in [0.5, 0.6) is 0 Å². The molecule has 234 valence electrons. The Morgan fingerprint density at radius 1 is 0.537 bits per heavy atom. The largest absolute Gasteiger partial charge is 0.506 e. The van der Waals surface area contributed by atoms with Crippen molar-refractivity contribution in [2.75, 3.05) is 14.2 Å². The van der Waals surface area contributed by atoms with E-state index in [4.69, 9.17) is 9.84 Å². The van der Waals surface area contributed by atoms with Crippen molar-refractivity contribution in [3.8, 4) is 0 Å². The van der Waals surface area contributed by atoms with Gasteiger partial charge in [0.15, 0.2) is 0 Å². The van der Waals surface area contributed by atoms with Crippen LogP contribution in [0.15, 0.2) is 48.6 Å². The lowest BCUT2D eigenvalue weighted by Crippen LogP contribution is -2.16. The fourth-order valence-corrected chi connectivity index (χ4v) is 4.39. The van der Waals surface area contributed by atoms with Gasteiger partial charge < -0.3 is 19.3 Å². The van der Waals surface area contributed by atoms with Gasteiger partial charge in [0.25, 0.3) is 0 Å². The standard InChI is InChI=1S/C34H56O7/c1-39-32(35)29-25-21-17-13-9-5-3-7-11-15-19-23-27-31(41-34(37)38)28-24-20-16-12-8-4-6-10-14-18-22-26-30-33(36)40-2/h9-10,13-14,21-22,25-26,31H,3-8,11-12,15-20,23-24,27-30H2,1-2H3,(H,37,38)/b13-9-,14-10-,25-21-,26-22-. The molecule has 0 aromatic rings. The number of carbonyl (C=O) groups is 3. The maximum Gasteiger partial charge on any atom is 0.506 e. The van der Waals surface area contributed by atoms with Gasteiger partial charge in [0.1, 0.15) is 6.10 Å². The summed E-state index contributed by atoms with van der Waals surface area (Å²) in [6.45, 7) is 0. The van der Waals surface area contributed by atoms with E-state index in [0.717, 1.165) is 64.2 Å². The highest BCUT2D eigenvalue weighted by atomic mass is 16.7. The number of rotatable bonds is 27. The molecule has 0 saturated heterocycles. The van der Waals surface area contributed by atoms with Gasteiger partial charge in [0.05, 0.1) is 27.1 Å². The van der Waals surface area contributed by atoms with E-state index in [1.807, 2.05) is 24.3 Å². The normalized spacial score (nSPS) is 11.9. The van der Waals surface area contributed by atoms with E-state index < -0.39 is 6.16 Å². The first-order valence-corrected chi connectivity index (χ1v) is 15.6. The first kappa shape index (κ1) is 38.2. The zero-order valence-corrected chi connectivity index (χ0v) is 25.7. The molecule has 0 aromatic carbocycles. The van der Waals surface area contributed by atoms with E-state index in [0.29, 0.717) is 12.8 Å². The zero-order valence-electron chi connectivity index (χ0n) is 25.7. The molecule has 0 saturated carbocycles. The number of hydrogen-bond acceptors (Lipinski definition) is 6. The number of methoxy groups -OCH3 is 2. The van der Waals surface area contributed by atoms with Crippen LogP contribution in [0.2, 0.25) is 0 Å². The second-order valence-electron chi connectivity index (χ2n) is 10.3. The topological polar surface area (TPSA) is 99.1 Å². The molecule has 0 aliphatic carbocycles. The minimum absolute atomic E-state index is 0.175. The molecule has 0 unspecified atom stereocenters. The van der Waals surface area contributed by atoms with Gasteiger partial charge in [-0.2, -0.15) is 0 Å². The fraction of sp³-hybridized carbons (Fsp3) is 0.676. The van der Waals surface area contributed by atoms with Gasteiger partial charge in [-0.05, 0) is 64.2 Å². The Morgan fingerprint density at radius 3 is 1.29 bits per heavy atom. The smallest absolute Gasteiger partial charge is 0.469 e. The third kappa shape index (κ3) is 30.0. The molecule has 0 aromatic heterocycles. The van der Waals surface area contributed by atoms with Gasteiger partial charge in [-0.15, -0.1) is 0 Å². The van der Waals surface area contributed by atoms with E-state index in [1.165, 1.54) is 65.6 Å². The molecule has 0 rings (SSSR count). The molecule has 0 spiro atoms. The van der Waals surface area contributed by atoms with E-state index in [2.05, 4.69) is 33.8 Å². The second kappa shape index (κ2) is 30.1. The van der Waals surface area contributed by atoms with Crippen LogP contribution < -0.4 is 0 Å². The highest BCUT2D eigenvalue weighted by Crippen LogP contribution is 2.17. The minimum Gasteiger partial charge on any atom is -0.469 e. The van der Waals surface area contributed by atoms with Gasteiger partial charge in [-0.3, -0.25) is 9.59 Å². The number of carboxylic acid groups (broad SMARTS) is 1. The Morgan fingerprint density at radius 2 is 0.902 bits per heavy atom. The molecule has 0 aliphatic rings. The van der Waals surface area contributed by atoms with E-state index >= 15 is 0 Å². The monoisotopic (exact) mass is 576 g/mol. The predicted octanol–water partition coefficient (Wildman–Crippen LogP) is 9.42. The molecule has 0 bridgehead atoms. The third-order valence-electron chi connectivity index (χ3n) is 6.80. The Bertz CT molecular complexity index is 711. The average Bonchev–Trinajstić information content (AvgIpc) is 2.96. The van der Waals surface area contributed by atoms with Gasteiger partial charge in [-0.25, -0.2) is 4.79 Å². The molecule has 0 aliphatic heterocycles. The van der Waals surface area contributed by atoms with Crippen molar-refractivity contribution in [1.82, 2.24) is 0 Å². The summed E-state index contributed by atoms with van der Waals surface area (Å²) >= 11 is 0. The highest BCUT2D eigenvalue weighted by molar-refractivity contribution is 5.71. The zero-order chi connectivity index (χ0) is 30.2. The van der Waals surface area contributed by atoms with Crippen molar-refractivity contribution >= 4 is 18.1 Å². The van der Waals surface area contributed by atoms with E-state index in [9.17, 15) is 14.4 Å². The first-order chi connectivity index (χ1) is 20.0. The number of unbranched alkanes of at least 4 members (excludes halogenated alkanes) is 12. The molecule has 7 heteroatoms. The molecule has 0 heterocycles. The van der Waals surface area contributed by atoms with E-state index in [-0.39, 0.29) is 18.0 Å². The van der Waals surface area contributed by atoms with Gasteiger partial charge >= 0.3 is 18.1 Å². The highest BCUT2D eigenvalue weighted by Gasteiger charge is 2.13. The summed E-state index contributed by atoms with van der Waals surface area (Å²) in [5.74, 6) is -0.427. The number of hydrogen-bond donors (Lipinski definition) is 1. The first-order valence-electron chi connectivity index (χ1n) is 15.6. The summed E-state index contributed by atoms with van der Waals surface area (Å²) in [6.07, 6.45) is 35.0. The molecule has 1 N–H and O–H groups in total. The third-order valence-corrected chi connectivity index (χ3v) is 6.80. The fourth-order valence-electron chi connectivity index (χ4n) is 4.39. The molecular formula is C34H56O7. The molecule has 0 amide bonds. The summed E-state index contributed by atoms with van der Waals surface area (Å²) in [4.78, 5) is 33.1. The maximum absolute atomic E-state index is 11.1. The summed E-state index contributed by atoms with van der Waals surface area (Å²) in [7, 11) is 2.79. The van der Waals surface area contributed by atoms with Crippen LogP contribution in [0, 0.1) is 0 Å². The lowest BCUT2D eigenvalue weighted by molar-refractivity contribution is -0.140. The lowest BCUT2D eigenvalue weighted by Gasteiger charge is -2.15. The van der Waals surface area contributed by atoms with Crippen molar-refractivity contribution in [1.29, 1.82) is 0 Å². The Kier molecular flexibility index (Phi) is 28.1. The van der Waals surface area contributed by atoms with Crippen molar-refractivity contribution in [2.45, 2.75) is 135 Å². The average molecular weight is 577 g/mol. The van der Waals surface area contributed by atoms with Gasteiger partial charge in [0.2, 0.25) is 0 Å². The van der Waals surface area contributed by atoms with Crippen LogP contribution in [-0.2, 0) is 23.8 Å². The van der Waals surface area contributed by atoms with Gasteiger partial charge in [0, 0.05) is 0 Å². The van der Waals surface area contributed by atoms with Crippen molar-refractivity contribution in [2.24, 2.45) is 0 Å². The summed E-state index contributed by atoms with van der Waals surface area (Å²) in [6, 6.07) is 0. The van der Waals surface area contributed by atoms with Crippen molar-refractivity contribution in [3.05, 3.63) is 48.6 Å². The number of carbonyl (C=O) groups excluding carboxylic acids is 2. The number of allylic oxidation sites excluding steroid dienone is 6. The van der Waals surface area contributed by atoms with Crippen LogP contribution in [0.1, 0.15) is 128 Å². The Hall–Kier alpha value is -2.83. The van der Waals surface area contributed by atoms with Gasteiger partial charge in [-0.1, -0.05) is 100.0 Å². The lowest BCUT2D eigenvalue weighted by atomic mass is 10.0. The Balaban J connectivity index is 3.68. The molecule has 0 radical (unpaired) electrons. The predicted molar refractivity (Wildman–Crippen MR) is 166 cm³/mol. The maximum atomic E-state index is 11.1. The number of esters is 2. The van der Waals surface area contributed by atoms with Crippen LogP contribution >= 0.6 is 0 Å². The van der Waals surface area contributed by atoms with Crippen LogP contribution in [0.4, 0.5) is 4.79 Å². The number of ether oxygens (including phenoxy) is 3. The van der Waals surface area contributed by atoms with Crippen molar-refractivity contribution < 1.29 is 33.7 Å². The summed E-state index contributed by atoms with van der Waals surface area (Å²) < 4.78 is 14.3. The van der Waals surface area contributed by atoms with Crippen LogP contribution in [0.3, 0.4) is 0 Å². The second-order valence-corrected chi connectivity index (χ2v) is 10.3. The molecule has 0 fully saturated rings. The van der Waals surface area contributed by atoms with Crippen LogP contribution in [-0.4, -0.2) is 43.5 Å². The summed E-state index contributed by atoms with van der Waals surface area (Å²) in [5.41, 5.74) is 0. The van der Waals surface area contributed by atoms with Crippen LogP contribution in [0.25, 0.3) is 0 Å². The molecule has 7 nitrogen and oxygen atoms in total. The van der Waals surface area contributed by atoms with E-state index in [1.54, 1.807) is 0 Å². The SMILES string of the molecule is COC(=O)C/C=C\C/C=C\CCCCCCCCC(CCCCCCCC/C=C\C/C=C\CC(=O)OC)OC(=O)O. The molecule has 41 heavy (non-hydrogen) atoms. The molecular weight excluding hydrogens is 520 g/mol.